The minimum absolute atomic E-state index is 0.284. The zero-order valence-electron chi connectivity index (χ0n) is 16.1. The van der Waals surface area contributed by atoms with Crippen LogP contribution in [0.4, 0.5) is 0 Å². The molecule has 0 aliphatic heterocycles. The van der Waals surface area contributed by atoms with Gasteiger partial charge in [-0.3, -0.25) is 13.9 Å². The highest BCUT2D eigenvalue weighted by molar-refractivity contribution is 5.83. The Balaban J connectivity index is 2.21. The lowest BCUT2D eigenvalue weighted by atomic mass is 10.0. The van der Waals surface area contributed by atoms with E-state index in [-0.39, 0.29) is 5.69 Å². The Morgan fingerprint density at radius 2 is 2.07 bits per heavy atom. The fraction of sp³-hybridized carbons (Fsp3) is 0.333. The van der Waals surface area contributed by atoms with E-state index in [9.17, 15) is 9.59 Å². The van der Waals surface area contributed by atoms with Gasteiger partial charge in [0, 0.05) is 18.3 Å². The molecule has 0 aliphatic carbocycles. The zero-order valence-corrected chi connectivity index (χ0v) is 16.1. The smallest absolute Gasteiger partial charge is 0.331 e. The predicted molar refractivity (Wildman–Crippen MR) is 108 cm³/mol. The van der Waals surface area contributed by atoms with Gasteiger partial charge in [0.15, 0.2) is 5.65 Å². The third-order valence-electron chi connectivity index (χ3n) is 4.92. The zero-order chi connectivity index (χ0) is 20.3. The maximum absolute atomic E-state index is 13.0. The van der Waals surface area contributed by atoms with Gasteiger partial charge in [-0.05, 0) is 37.1 Å². The molecule has 0 bridgehead atoms. The number of amides is 1. The number of benzene rings is 1. The van der Waals surface area contributed by atoms with Gasteiger partial charge in [0.05, 0.1) is 17.1 Å². The van der Waals surface area contributed by atoms with Crippen LogP contribution in [0.2, 0.25) is 0 Å². The number of unbranched alkanes of at least 4 members (excludes halogenated alkanes) is 1. The van der Waals surface area contributed by atoms with E-state index < -0.39 is 11.9 Å². The van der Waals surface area contributed by atoms with Gasteiger partial charge in [-0.15, -0.1) is 0 Å². The molecule has 0 saturated heterocycles. The maximum atomic E-state index is 13.0. The van der Waals surface area contributed by atoms with Gasteiger partial charge in [0.1, 0.15) is 6.04 Å². The summed E-state index contributed by atoms with van der Waals surface area (Å²) in [5.41, 5.74) is 8.61. The fourth-order valence-electron chi connectivity index (χ4n) is 3.46. The summed E-state index contributed by atoms with van der Waals surface area (Å²) in [7, 11) is 0. The summed E-state index contributed by atoms with van der Waals surface area (Å²) in [4.78, 5) is 29.6. The Morgan fingerprint density at radius 3 is 2.71 bits per heavy atom. The van der Waals surface area contributed by atoms with Gasteiger partial charge >= 0.3 is 5.69 Å². The van der Waals surface area contributed by atoms with Crippen molar-refractivity contribution in [3.05, 3.63) is 52.6 Å². The SMILES string of the molecule is CCCCC(C(N)=O)n1c(=O)n(CC)c2cc(-c3cccc(C#N)c3)cnc21. The van der Waals surface area contributed by atoms with Gasteiger partial charge in [-0.25, -0.2) is 9.78 Å². The van der Waals surface area contributed by atoms with Crippen LogP contribution in [0.3, 0.4) is 0 Å². The number of carbonyl (C=O) groups excluding carboxylic acids is 1. The Morgan fingerprint density at radius 1 is 1.29 bits per heavy atom. The Bertz CT molecular complexity index is 1120. The second-order valence-corrected chi connectivity index (χ2v) is 6.72. The van der Waals surface area contributed by atoms with Crippen molar-refractivity contribution in [2.45, 2.75) is 45.7 Å². The molecule has 0 spiro atoms. The molecule has 2 N–H and O–H groups in total. The molecular weight excluding hydrogens is 354 g/mol. The van der Waals surface area contributed by atoms with Gasteiger partial charge in [0.25, 0.3) is 0 Å². The van der Waals surface area contributed by atoms with Crippen LogP contribution < -0.4 is 11.4 Å². The van der Waals surface area contributed by atoms with Crippen molar-refractivity contribution in [3.8, 4) is 17.2 Å². The number of nitrogens with two attached hydrogens (primary N) is 1. The Labute approximate surface area is 163 Å². The summed E-state index contributed by atoms with van der Waals surface area (Å²) in [5.74, 6) is -0.529. The van der Waals surface area contributed by atoms with E-state index in [4.69, 9.17) is 11.0 Å². The van der Waals surface area contributed by atoms with Crippen LogP contribution in [0, 0.1) is 11.3 Å². The van der Waals surface area contributed by atoms with E-state index in [1.807, 2.05) is 32.0 Å². The van der Waals surface area contributed by atoms with Crippen LogP contribution in [0.5, 0.6) is 0 Å². The quantitative estimate of drug-likeness (QED) is 0.683. The number of rotatable bonds is 7. The highest BCUT2D eigenvalue weighted by atomic mass is 16.2. The van der Waals surface area contributed by atoms with E-state index in [0.29, 0.717) is 29.7 Å². The largest absolute Gasteiger partial charge is 0.368 e. The van der Waals surface area contributed by atoms with Gasteiger partial charge < -0.3 is 5.73 Å². The first kappa shape index (κ1) is 19.4. The third-order valence-corrected chi connectivity index (χ3v) is 4.92. The molecule has 1 unspecified atom stereocenters. The number of nitriles is 1. The van der Waals surface area contributed by atoms with Crippen molar-refractivity contribution in [1.29, 1.82) is 5.26 Å². The van der Waals surface area contributed by atoms with Crippen LogP contribution >= 0.6 is 0 Å². The second kappa shape index (κ2) is 8.09. The molecule has 0 fully saturated rings. The Kier molecular flexibility index (Phi) is 5.59. The van der Waals surface area contributed by atoms with Crippen molar-refractivity contribution in [1.82, 2.24) is 14.1 Å². The standard InChI is InChI=1S/C21H23N5O2/c1-3-5-9-17(19(23)27)26-20-18(25(4-2)21(26)28)11-16(13-24-20)15-8-6-7-14(10-15)12-22/h6-8,10-11,13,17H,3-5,9H2,1-2H3,(H2,23,27). The number of primary amides is 1. The molecule has 2 heterocycles. The highest BCUT2D eigenvalue weighted by Gasteiger charge is 2.25. The van der Waals surface area contributed by atoms with E-state index in [1.165, 1.54) is 4.57 Å². The number of aryl methyl sites for hydroxylation is 1. The number of pyridine rings is 1. The van der Waals surface area contributed by atoms with Crippen LogP contribution in [0.15, 0.2) is 41.3 Å². The number of hydrogen-bond acceptors (Lipinski definition) is 4. The Hall–Kier alpha value is -3.40. The molecule has 1 atom stereocenters. The van der Waals surface area contributed by atoms with Crippen molar-refractivity contribution in [3.63, 3.8) is 0 Å². The van der Waals surface area contributed by atoms with Gasteiger partial charge in [0.2, 0.25) is 5.91 Å². The third kappa shape index (κ3) is 3.41. The molecule has 28 heavy (non-hydrogen) atoms. The average molecular weight is 377 g/mol. The first-order valence-electron chi connectivity index (χ1n) is 9.42. The number of hydrogen-bond donors (Lipinski definition) is 1. The van der Waals surface area contributed by atoms with Crippen LogP contribution in [0.25, 0.3) is 22.3 Å². The van der Waals surface area contributed by atoms with Gasteiger partial charge in [-0.1, -0.05) is 31.9 Å². The molecule has 7 nitrogen and oxygen atoms in total. The number of imidazole rings is 1. The highest BCUT2D eigenvalue weighted by Crippen LogP contribution is 2.25. The average Bonchev–Trinajstić information content (AvgIpc) is 2.98. The predicted octanol–water partition coefficient (Wildman–Crippen LogP) is 2.97. The first-order valence-corrected chi connectivity index (χ1v) is 9.42. The summed E-state index contributed by atoms with van der Waals surface area (Å²) in [5, 5.41) is 9.13. The molecule has 7 heteroatoms. The minimum Gasteiger partial charge on any atom is -0.368 e. The topological polar surface area (TPSA) is 107 Å². The second-order valence-electron chi connectivity index (χ2n) is 6.72. The molecule has 3 rings (SSSR count). The molecule has 0 radical (unpaired) electrons. The van der Waals surface area contributed by atoms with Crippen molar-refractivity contribution < 1.29 is 4.79 Å². The lowest BCUT2D eigenvalue weighted by molar-refractivity contribution is -0.121. The van der Waals surface area contributed by atoms with E-state index in [2.05, 4.69) is 11.1 Å². The molecule has 2 aromatic heterocycles. The summed E-state index contributed by atoms with van der Waals surface area (Å²) >= 11 is 0. The lowest BCUT2D eigenvalue weighted by Gasteiger charge is -2.14. The minimum atomic E-state index is -0.719. The number of nitrogens with zero attached hydrogens (tertiary/aromatic N) is 4. The number of aromatic nitrogens is 3. The number of carbonyl (C=O) groups is 1. The number of fused-ring (bicyclic) bond motifs is 1. The van der Waals surface area contributed by atoms with Crippen molar-refractivity contribution >= 4 is 17.1 Å². The van der Waals surface area contributed by atoms with Crippen LogP contribution in [0.1, 0.15) is 44.7 Å². The molecule has 0 saturated carbocycles. The van der Waals surface area contributed by atoms with Crippen LogP contribution in [-0.2, 0) is 11.3 Å². The van der Waals surface area contributed by atoms with Crippen LogP contribution in [-0.4, -0.2) is 20.0 Å². The molecule has 1 aromatic carbocycles. The van der Waals surface area contributed by atoms with E-state index >= 15 is 0 Å². The fourth-order valence-corrected chi connectivity index (χ4v) is 3.46. The molecule has 0 aliphatic rings. The normalized spacial score (nSPS) is 12.0. The summed E-state index contributed by atoms with van der Waals surface area (Å²) < 4.78 is 3.02. The molecular formula is C21H23N5O2. The summed E-state index contributed by atoms with van der Waals surface area (Å²) in [6.45, 7) is 4.35. The van der Waals surface area contributed by atoms with Crippen molar-refractivity contribution in [2.75, 3.05) is 0 Å². The maximum Gasteiger partial charge on any atom is 0.331 e. The van der Waals surface area contributed by atoms with E-state index in [1.54, 1.807) is 22.9 Å². The first-order chi connectivity index (χ1) is 13.5. The van der Waals surface area contributed by atoms with E-state index in [0.717, 1.165) is 24.0 Å². The van der Waals surface area contributed by atoms with Gasteiger partial charge in [-0.2, -0.15) is 5.26 Å². The molecule has 1 amide bonds. The summed E-state index contributed by atoms with van der Waals surface area (Å²) in [6.07, 6.45) is 3.85. The molecule has 144 valence electrons. The lowest BCUT2D eigenvalue weighted by Crippen LogP contribution is -2.34. The van der Waals surface area contributed by atoms with Crippen molar-refractivity contribution in [2.24, 2.45) is 5.73 Å². The molecule has 3 aromatic rings. The summed E-state index contributed by atoms with van der Waals surface area (Å²) in [6, 6.07) is 10.5. The monoisotopic (exact) mass is 377 g/mol.